The van der Waals surface area contributed by atoms with Crippen LogP contribution in [0.2, 0.25) is 0 Å². The van der Waals surface area contributed by atoms with E-state index in [1.54, 1.807) is 18.9 Å². The zero-order valence-electron chi connectivity index (χ0n) is 18.8. The van der Waals surface area contributed by atoms with Crippen molar-refractivity contribution in [1.29, 1.82) is 0 Å². The molecule has 1 aromatic carbocycles. The van der Waals surface area contributed by atoms with Gasteiger partial charge in [0.1, 0.15) is 5.75 Å². The number of amides is 1. The molecule has 1 fully saturated rings. The molecular weight excluding hydrogens is 426 g/mol. The van der Waals surface area contributed by atoms with Crippen LogP contribution in [0.3, 0.4) is 0 Å². The predicted octanol–water partition coefficient (Wildman–Crippen LogP) is 3.83. The number of thiazole rings is 1. The number of carbonyl (C=O) groups is 2. The first-order valence-corrected chi connectivity index (χ1v) is 11.8. The zero-order chi connectivity index (χ0) is 22.8. The number of benzene rings is 1. The van der Waals surface area contributed by atoms with Gasteiger partial charge in [0.25, 0.3) is 5.91 Å². The molecule has 1 atom stereocenters. The first-order chi connectivity index (χ1) is 15.4. The summed E-state index contributed by atoms with van der Waals surface area (Å²) in [4.78, 5) is 35.5. The molecule has 1 N–H and O–H groups in total. The molecule has 1 amide bonds. The van der Waals surface area contributed by atoms with Gasteiger partial charge in [-0.15, -0.1) is 11.3 Å². The number of nitrogens with zero attached hydrogens (tertiary/aromatic N) is 3. The second kappa shape index (κ2) is 9.42. The molecule has 0 saturated carbocycles. The summed E-state index contributed by atoms with van der Waals surface area (Å²) in [5.74, 6) is -0.768. The number of para-hydroxylation sites is 1. The Morgan fingerprint density at radius 2 is 1.91 bits per heavy atom. The van der Waals surface area contributed by atoms with E-state index in [9.17, 15) is 14.7 Å². The molecule has 2 aromatic rings. The van der Waals surface area contributed by atoms with Crippen molar-refractivity contribution in [3.63, 3.8) is 0 Å². The highest BCUT2D eigenvalue weighted by atomic mass is 32.1. The van der Waals surface area contributed by atoms with Gasteiger partial charge in [0.15, 0.2) is 5.76 Å². The lowest BCUT2D eigenvalue weighted by Crippen LogP contribution is -2.40. The molecule has 170 valence electrons. The first-order valence-electron chi connectivity index (χ1n) is 11.0. The smallest absolute Gasteiger partial charge is 0.290 e. The lowest BCUT2D eigenvalue weighted by Gasteiger charge is -2.32. The number of methoxy groups -OCH3 is 1. The SMILES string of the molecule is COc1ccccc1C1C(C(=O)c2sc(C)nc2C)=C(O)C(=O)N1CCN1CCCCC1. The van der Waals surface area contributed by atoms with Crippen LogP contribution in [0.15, 0.2) is 35.6 Å². The highest BCUT2D eigenvalue weighted by Gasteiger charge is 2.45. The molecule has 2 aliphatic rings. The second-order valence-corrected chi connectivity index (χ2v) is 9.49. The predicted molar refractivity (Wildman–Crippen MR) is 123 cm³/mol. The number of hydrogen-bond acceptors (Lipinski definition) is 7. The number of aromatic nitrogens is 1. The summed E-state index contributed by atoms with van der Waals surface area (Å²) >= 11 is 1.28. The minimum absolute atomic E-state index is 0.102. The number of likely N-dealkylation sites (tertiary alicyclic amines) is 1. The topological polar surface area (TPSA) is 83.0 Å². The number of aryl methyl sites for hydroxylation is 2. The fraction of sp³-hybridized carbons (Fsp3) is 0.458. The Labute approximate surface area is 192 Å². The summed E-state index contributed by atoms with van der Waals surface area (Å²) in [7, 11) is 1.56. The van der Waals surface area contributed by atoms with Gasteiger partial charge in [-0.3, -0.25) is 9.59 Å². The molecule has 0 radical (unpaired) electrons. The molecule has 8 heteroatoms. The molecular formula is C24H29N3O4S. The van der Waals surface area contributed by atoms with Gasteiger partial charge in [0.2, 0.25) is 5.78 Å². The summed E-state index contributed by atoms with van der Waals surface area (Å²) in [5, 5.41) is 11.7. The Hall–Kier alpha value is -2.71. The number of ether oxygens (including phenoxy) is 1. The molecule has 7 nitrogen and oxygen atoms in total. The van der Waals surface area contributed by atoms with Gasteiger partial charge in [-0.2, -0.15) is 0 Å². The maximum Gasteiger partial charge on any atom is 0.290 e. The maximum atomic E-state index is 13.6. The summed E-state index contributed by atoms with van der Waals surface area (Å²) in [6.07, 6.45) is 3.54. The van der Waals surface area contributed by atoms with E-state index in [4.69, 9.17) is 4.74 Å². The van der Waals surface area contributed by atoms with Crippen molar-refractivity contribution < 1.29 is 19.4 Å². The van der Waals surface area contributed by atoms with Gasteiger partial charge in [-0.25, -0.2) is 4.98 Å². The molecule has 0 aliphatic carbocycles. The third-order valence-electron chi connectivity index (χ3n) is 6.20. The fourth-order valence-corrected chi connectivity index (χ4v) is 5.50. The van der Waals surface area contributed by atoms with Crippen LogP contribution in [0.4, 0.5) is 0 Å². The number of carbonyl (C=O) groups excluding carboxylic acids is 2. The number of Topliss-reactive ketones (excluding diaryl/α,β-unsaturated/α-hetero) is 1. The number of rotatable bonds is 7. The van der Waals surface area contributed by atoms with Crippen LogP contribution in [0, 0.1) is 13.8 Å². The normalized spacial score (nSPS) is 19.7. The average molecular weight is 456 g/mol. The van der Waals surface area contributed by atoms with Crippen molar-refractivity contribution in [2.45, 2.75) is 39.2 Å². The van der Waals surface area contributed by atoms with Gasteiger partial charge >= 0.3 is 0 Å². The van der Waals surface area contributed by atoms with Gasteiger partial charge < -0.3 is 19.6 Å². The fourth-order valence-electron chi connectivity index (χ4n) is 4.63. The molecule has 3 heterocycles. The monoisotopic (exact) mass is 455 g/mol. The van der Waals surface area contributed by atoms with Crippen LogP contribution < -0.4 is 4.74 Å². The van der Waals surface area contributed by atoms with E-state index >= 15 is 0 Å². The van der Waals surface area contributed by atoms with Crippen LogP contribution in [-0.2, 0) is 4.79 Å². The lowest BCUT2D eigenvalue weighted by atomic mass is 9.94. The molecule has 32 heavy (non-hydrogen) atoms. The molecule has 4 rings (SSSR count). The highest BCUT2D eigenvalue weighted by Crippen LogP contribution is 2.43. The van der Waals surface area contributed by atoms with Crippen molar-refractivity contribution >= 4 is 23.0 Å². The number of aliphatic hydroxyl groups is 1. The van der Waals surface area contributed by atoms with Crippen molar-refractivity contribution in [1.82, 2.24) is 14.8 Å². The first kappa shape index (κ1) is 22.5. The average Bonchev–Trinajstić information content (AvgIpc) is 3.27. The van der Waals surface area contributed by atoms with E-state index in [1.165, 1.54) is 17.8 Å². The minimum atomic E-state index is -0.710. The summed E-state index contributed by atoms with van der Waals surface area (Å²) in [6.45, 7) is 6.74. The Kier molecular flexibility index (Phi) is 6.62. The molecule has 0 bridgehead atoms. The van der Waals surface area contributed by atoms with Crippen LogP contribution >= 0.6 is 11.3 Å². The van der Waals surface area contributed by atoms with E-state index in [0.717, 1.165) is 30.9 Å². The van der Waals surface area contributed by atoms with Crippen LogP contribution in [-0.4, -0.2) is 64.9 Å². The molecule has 1 aromatic heterocycles. The number of ketones is 1. The van der Waals surface area contributed by atoms with Gasteiger partial charge in [0.05, 0.1) is 34.3 Å². The van der Waals surface area contributed by atoms with Crippen molar-refractivity contribution in [3.8, 4) is 5.75 Å². The molecule has 0 spiro atoms. The van der Waals surface area contributed by atoms with Crippen LogP contribution in [0.25, 0.3) is 0 Å². The quantitative estimate of drug-likeness (QED) is 0.639. The molecule has 1 unspecified atom stereocenters. The summed E-state index contributed by atoms with van der Waals surface area (Å²) < 4.78 is 5.56. The standard InChI is InChI=1S/C24H29N3O4S/c1-15-23(32-16(2)25-15)21(28)19-20(17-9-5-6-10-18(17)31-3)27(24(30)22(19)29)14-13-26-11-7-4-8-12-26/h5-6,9-10,20,29H,4,7-8,11-14H2,1-3H3. The Balaban J connectivity index is 1.73. The largest absolute Gasteiger partial charge is 0.503 e. The van der Waals surface area contributed by atoms with Gasteiger partial charge in [-0.05, 0) is 45.8 Å². The lowest BCUT2D eigenvalue weighted by molar-refractivity contribution is -0.129. The van der Waals surface area contributed by atoms with E-state index in [0.29, 0.717) is 35.0 Å². The van der Waals surface area contributed by atoms with Crippen LogP contribution in [0.1, 0.15) is 51.2 Å². The van der Waals surface area contributed by atoms with Crippen molar-refractivity contribution in [3.05, 3.63) is 56.7 Å². The van der Waals surface area contributed by atoms with E-state index in [1.807, 2.05) is 31.2 Å². The Morgan fingerprint density at radius 1 is 1.19 bits per heavy atom. The van der Waals surface area contributed by atoms with Crippen LogP contribution in [0.5, 0.6) is 5.75 Å². The van der Waals surface area contributed by atoms with Crippen molar-refractivity contribution in [2.24, 2.45) is 0 Å². The number of aliphatic hydroxyl groups excluding tert-OH is 1. The Morgan fingerprint density at radius 3 is 2.56 bits per heavy atom. The van der Waals surface area contributed by atoms with E-state index < -0.39 is 17.7 Å². The minimum Gasteiger partial charge on any atom is -0.503 e. The third-order valence-corrected chi connectivity index (χ3v) is 7.27. The van der Waals surface area contributed by atoms with Gasteiger partial charge in [-0.1, -0.05) is 24.6 Å². The number of hydrogen-bond donors (Lipinski definition) is 1. The Bertz CT molecular complexity index is 1060. The van der Waals surface area contributed by atoms with Crippen molar-refractivity contribution in [2.75, 3.05) is 33.3 Å². The second-order valence-electron chi connectivity index (χ2n) is 8.28. The molecule has 1 saturated heterocycles. The van der Waals surface area contributed by atoms with E-state index in [-0.39, 0.29) is 11.4 Å². The zero-order valence-corrected chi connectivity index (χ0v) is 19.6. The molecule has 2 aliphatic heterocycles. The summed E-state index contributed by atoms with van der Waals surface area (Å²) in [6, 6.07) is 6.64. The van der Waals surface area contributed by atoms with E-state index in [2.05, 4.69) is 9.88 Å². The third kappa shape index (κ3) is 4.17. The van der Waals surface area contributed by atoms with Gasteiger partial charge in [0, 0.05) is 18.7 Å². The summed E-state index contributed by atoms with van der Waals surface area (Å²) in [5.41, 5.74) is 1.40. The number of piperidine rings is 1. The highest BCUT2D eigenvalue weighted by molar-refractivity contribution is 7.14. The maximum absolute atomic E-state index is 13.6.